The number of aryl methyl sites for hydroxylation is 1. The molecule has 1 amide bonds. The van der Waals surface area contributed by atoms with Crippen LogP contribution in [0.15, 0.2) is 35.7 Å². The van der Waals surface area contributed by atoms with Crippen molar-refractivity contribution in [1.29, 1.82) is 0 Å². The molecule has 3 aromatic rings. The van der Waals surface area contributed by atoms with Gasteiger partial charge in [-0.15, -0.1) is 11.3 Å². The van der Waals surface area contributed by atoms with E-state index in [1.807, 2.05) is 49.6 Å². The first-order valence-electron chi connectivity index (χ1n) is 10.9. The zero-order valence-electron chi connectivity index (χ0n) is 18.7. The van der Waals surface area contributed by atoms with E-state index in [4.69, 9.17) is 9.47 Å². The Labute approximate surface area is 192 Å². The minimum atomic E-state index is -0.0933. The molecule has 1 N–H and O–H groups in total. The summed E-state index contributed by atoms with van der Waals surface area (Å²) >= 11 is 1.65. The number of nitrogens with zero attached hydrogens (tertiary/aromatic N) is 1. The number of Topliss-reactive ketones (excluding diaryl/α,β-unsaturated/α-hetero) is 1. The molecule has 0 atom stereocenters. The van der Waals surface area contributed by atoms with E-state index in [-0.39, 0.29) is 11.7 Å². The number of thiophene rings is 1. The van der Waals surface area contributed by atoms with Crippen molar-refractivity contribution in [3.8, 4) is 11.5 Å². The lowest BCUT2D eigenvalue weighted by molar-refractivity contribution is 0.0746. The fourth-order valence-corrected chi connectivity index (χ4v) is 4.78. The lowest BCUT2D eigenvalue weighted by atomic mass is 9.93. The van der Waals surface area contributed by atoms with Crippen LogP contribution in [0, 0.1) is 6.92 Å². The third-order valence-electron chi connectivity index (χ3n) is 5.87. The summed E-state index contributed by atoms with van der Waals surface area (Å²) in [5.41, 5.74) is 3.85. The predicted octanol–water partition coefficient (Wildman–Crippen LogP) is 5.15. The normalized spacial score (nSPS) is 13.0. The Morgan fingerprint density at radius 1 is 1.22 bits per heavy atom. The van der Waals surface area contributed by atoms with E-state index in [1.165, 1.54) is 0 Å². The molecule has 1 aliphatic carbocycles. The van der Waals surface area contributed by atoms with Gasteiger partial charge in [-0.2, -0.15) is 0 Å². The highest BCUT2D eigenvalue weighted by molar-refractivity contribution is 7.09. The van der Waals surface area contributed by atoms with Crippen LogP contribution in [-0.4, -0.2) is 35.2 Å². The standard InChI is InChI=1S/C25H28N2O4S/c1-4-27(25(29)24-16(2)23-19(26-24)8-5-9-20(23)28)14-17-10-11-21(22(13-17)30-3)31-15-18-7-6-12-32-18/h6-7,10-13,26H,4-5,8-9,14-15H2,1-3H3. The number of methoxy groups -OCH3 is 1. The number of hydrogen-bond donors (Lipinski definition) is 1. The van der Waals surface area contributed by atoms with Gasteiger partial charge in [0, 0.05) is 35.6 Å². The number of H-pyrrole nitrogens is 1. The van der Waals surface area contributed by atoms with E-state index in [0.29, 0.717) is 48.9 Å². The summed E-state index contributed by atoms with van der Waals surface area (Å²) in [7, 11) is 1.61. The van der Waals surface area contributed by atoms with Crippen molar-refractivity contribution in [2.24, 2.45) is 0 Å². The first kappa shape index (κ1) is 22.1. The van der Waals surface area contributed by atoms with Gasteiger partial charge in [-0.25, -0.2) is 0 Å². The second-order valence-corrected chi connectivity index (χ2v) is 8.96. The van der Waals surface area contributed by atoms with Gasteiger partial charge in [-0.05, 0) is 61.4 Å². The maximum atomic E-state index is 13.3. The molecule has 168 valence electrons. The molecular weight excluding hydrogens is 424 g/mol. The number of hydrogen-bond acceptors (Lipinski definition) is 5. The van der Waals surface area contributed by atoms with E-state index in [9.17, 15) is 9.59 Å². The van der Waals surface area contributed by atoms with Crippen molar-refractivity contribution in [3.05, 3.63) is 68.7 Å². The topological polar surface area (TPSA) is 71.6 Å². The summed E-state index contributed by atoms with van der Waals surface area (Å²) in [5.74, 6) is 1.35. The first-order valence-corrected chi connectivity index (χ1v) is 11.8. The quantitative estimate of drug-likeness (QED) is 0.513. The number of rotatable bonds is 8. The van der Waals surface area contributed by atoms with Gasteiger partial charge in [0.1, 0.15) is 12.3 Å². The summed E-state index contributed by atoms with van der Waals surface area (Å²) in [6.45, 7) is 5.30. The number of ether oxygens (including phenoxy) is 2. The molecule has 32 heavy (non-hydrogen) atoms. The molecule has 0 fully saturated rings. The SMILES string of the molecule is CCN(Cc1ccc(OCc2cccs2)c(OC)c1)C(=O)c1[nH]c2c(c1C)C(=O)CCC2. The predicted molar refractivity (Wildman–Crippen MR) is 125 cm³/mol. The van der Waals surface area contributed by atoms with Crippen LogP contribution in [-0.2, 0) is 19.6 Å². The van der Waals surface area contributed by atoms with Crippen molar-refractivity contribution >= 4 is 23.0 Å². The van der Waals surface area contributed by atoms with Crippen LogP contribution in [0.3, 0.4) is 0 Å². The molecular formula is C25H28N2O4S. The molecule has 6 nitrogen and oxygen atoms in total. The van der Waals surface area contributed by atoms with E-state index in [0.717, 1.165) is 34.5 Å². The Hall–Kier alpha value is -3.06. The van der Waals surface area contributed by atoms with E-state index in [2.05, 4.69) is 4.98 Å². The number of amides is 1. The van der Waals surface area contributed by atoms with Crippen LogP contribution >= 0.6 is 11.3 Å². The Morgan fingerprint density at radius 3 is 2.75 bits per heavy atom. The molecule has 0 spiro atoms. The van der Waals surface area contributed by atoms with Gasteiger partial charge in [0.2, 0.25) is 0 Å². The summed E-state index contributed by atoms with van der Waals surface area (Å²) in [5, 5.41) is 2.02. The number of benzene rings is 1. The van der Waals surface area contributed by atoms with Crippen molar-refractivity contribution < 1.29 is 19.1 Å². The minimum absolute atomic E-state index is 0.0933. The van der Waals surface area contributed by atoms with Gasteiger partial charge in [0.05, 0.1) is 7.11 Å². The molecule has 0 bridgehead atoms. The number of aromatic nitrogens is 1. The molecule has 0 saturated carbocycles. The lowest BCUT2D eigenvalue weighted by Gasteiger charge is -2.21. The number of nitrogens with one attached hydrogen (secondary N) is 1. The number of carbonyl (C=O) groups excluding carboxylic acids is 2. The zero-order chi connectivity index (χ0) is 22.7. The third-order valence-corrected chi connectivity index (χ3v) is 6.72. The Morgan fingerprint density at radius 2 is 2.06 bits per heavy atom. The highest BCUT2D eigenvalue weighted by Crippen LogP contribution is 2.31. The smallest absolute Gasteiger partial charge is 0.270 e. The maximum Gasteiger partial charge on any atom is 0.270 e. The Balaban J connectivity index is 1.51. The molecule has 0 radical (unpaired) electrons. The van der Waals surface area contributed by atoms with Crippen LogP contribution in [0.4, 0.5) is 0 Å². The molecule has 1 aliphatic rings. The van der Waals surface area contributed by atoms with Crippen LogP contribution in [0.25, 0.3) is 0 Å². The highest BCUT2D eigenvalue weighted by Gasteiger charge is 2.28. The summed E-state index contributed by atoms with van der Waals surface area (Å²) < 4.78 is 11.4. The summed E-state index contributed by atoms with van der Waals surface area (Å²) in [6, 6.07) is 9.79. The molecule has 4 rings (SSSR count). The number of carbonyl (C=O) groups is 2. The van der Waals surface area contributed by atoms with E-state index >= 15 is 0 Å². The molecule has 2 aromatic heterocycles. The van der Waals surface area contributed by atoms with Gasteiger partial charge in [-0.1, -0.05) is 12.1 Å². The Bertz CT molecular complexity index is 1120. The largest absolute Gasteiger partial charge is 0.493 e. The molecule has 1 aromatic carbocycles. The van der Waals surface area contributed by atoms with Crippen molar-refractivity contribution in [2.45, 2.75) is 46.3 Å². The van der Waals surface area contributed by atoms with Crippen molar-refractivity contribution in [1.82, 2.24) is 9.88 Å². The van der Waals surface area contributed by atoms with Crippen LogP contribution < -0.4 is 9.47 Å². The van der Waals surface area contributed by atoms with Crippen LogP contribution in [0.5, 0.6) is 11.5 Å². The monoisotopic (exact) mass is 452 g/mol. The fourth-order valence-electron chi connectivity index (χ4n) is 4.17. The van der Waals surface area contributed by atoms with Gasteiger partial charge in [-0.3, -0.25) is 9.59 Å². The van der Waals surface area contributed by atoms with Crippen molar-refractivity contribution in [2.75, 3.05) is 13.7 Å². The molecule has 0 unspecified atom stereocenters. The average molecular weight is 453 g/mol. The zero-order valence-corrected chi connectivity index (χ0v) is 19.5. The second kappa shape index (κ2) is 9.61. The fraction of sp³-hybridized carbons (Fsp3) is 0.360. The first-order chi connectivity index (χ1) is 15.5. The van der Waals surface area contributed by atoms with E-state index in [1.54, 1.807) is 23.3 Å². The highest BCUT2D eigenvalue weighted by atomic mass is 32.1. The number of fused-ring (bicyclic) bond motifs is 1. The Kier molecular flexibility index (Phi) is 6.65. The van der Waals surface area contributed by atoms with E-state index < -0.39 is 0 Å². The minimum Gasteiger partial charge on any atom is -0.493 e. The molecule has 0 aliphatic heterocycles. The third kappa shape index (κ3) is 4.43. The molecule has 0 saturated heterocycles. The van der Waals surface area contributed by atoms with Crippen LogP contribution in [0.2, 0.25) is 0 Å². The van der Waals surface area contributed by atoms with Crippen molar-refractivity contribution in [3.63, 3.8) is 0 Å². The van der Waals surface area contributed by atoms with Gasteiger partial charge < -0.3 is 19.4 Å². The molecule has 7 heteroatoms. The van der Waals surface area contributed by atoms with Gasteiger partial charge in [0.15, 0.2) is 17.3 Å². The summed E-state index contributed by atoms with van der Waals surface area (Å²) in [6.07, 6.45) is 2.20. The number of ketones is 1. The van der Waals surface area contributed by atoms with Crippen LogP contribution in [0.1, 0.15) is 62.3 Å². The summed E-state index contributed by atoms with van der Waals surface area (Å²) in [4.78, 5) is 31.8. The van der Waals surface area contributed by atoms with Gasteiger partial charge in [0.25, 0.3) is 5.91 Å². The average Bonchev–Trinajstić information content (AvgIpc) is 3.44. The number of aromatic amines is 1. The maximum absolute atomic E-state index is 13.3. The lowest BCUT2D eigenvalue weighted by Crippen LogP contribution is -2.31. The molecule has 2 heterocycles. The second-order valence-electron chi connectivity index (χ2n) is 7.93. The van der Waals surface area contributed by atoms with Gasteiger partial charge >= 0.3 is 0 Å².